The summed E-state index contributed by atoms with van der Waals surface area (Å²) in [6.45, 7) is 0.494. The van der Waals surface area contributed by atoms with Crippen molar-refractivity contribution in [3.05, 3.63) is 29.8 Å². The van der Waals surface area contributed by atoms with E-state index in [1.54, 1.807) is 12.1 Å². The maximum absolute atomic E-state index is 10.8. The molecule has 0 radical (unpaired) electrons. The Morgan fingerprint density at radius 2 is 2.14 bits per heavy atom. The van der Waals surface area contributed by atoms with Crippen LogP contribution in [-0.4, -0.2) is 24.1 Å². The second-order valence-corrected chi connectivity index (χ2v) is 2.93. The Morgan fingerprint density at radius 3 is 2.79 bits per heavy atom. The lowest BCUT2D eigenvalue weighted by Crippen LogP contribution is -2.31. The molecule has 0 atom stereocenters. The fourth-order valence-corrected chi connectivity index (χ4v) is 1.13. The van der Waals surface area contributed by atoms with Crippen molar-refractivity contribution in [2.45, 2.75) is 6.42 Å². The van der Waals surface area contributed by atoms with Crippen molar-refractivity contribution in [2.24, 2.45) is 5.73 Å². The summed E-state index contributed by atoms with van der Waals surface area (Å²) >= 11 is 0. The minimum atomic E-state index is -0.180. The summed E-state index contributed by atoms with van der Waals surface area (Å²) in [6.07, 6.45) is 0.610. The number of phenols is 1. The molecule has 0 unspecified atom stereocenters. The van der Waals surface area contributed by atoms with Crippen molar-refractivity contribution >= 4 is 5.91 Å². The average Bonchev–Trinajstić information content (AvgIpc) is 2.20. The highest BCUT2D eigenvalue weighted by Gasteiger charge is 2.00. The van der Waals surface area contributed by atoms with E-state index in [1.807, 2.05) is 12.1 Å². The van der Waals surface area contributed by atoms with Gasteiger partial charge in [0.2, 0.25) is 5.91 Å². The van der Waals surface area contributed by atoms with E-state index in [2.05, 4.69) is 5.32 Å². The zero-order chi connectivity index (χ0) is 10.4. The van der Waals surface area contributed by atoms with E-state index < -0.39 is 0 Å². The van der Waals surface area contributed by atoms with Gasteiger partial charge in [-0.3, -0.25) is 4.79 Å². The van der Waals surface area contributed by atoms with Crippen molar-refractivity contribution in [1.82, 2.24) is 5.32 Å². The topological polar surface area (TPSA) is 75.4 Å². The summed E-state index contributed by atoms with van der Waals surface area (Å²) in [5.74, 6) is 0.0786. The lowest BCUT2D eigenvalue weighted by Gasteiger charge is -2.05. The van der Waals surface area contributed by atoms with E-state index >= 15 is 0 Å². The second kappa shape index (κ2) is 5.24. The number of carbonyl (C=O) groups is 1. The molecule has 1 aromatic carbocycles. The van der Waals surface area contributed by atoms with Crippen LogP contribution in [0.3, 0.4) is 0 Å². The number of hydrogen-bond acceptors (Lipinski definition) is 3. The quantitative estimate of drug-likeness (QED) is 0.632. The molecule has 76 valence electrons. The summed E-state index contributed by atoms with van der Waals surface area (Å²) in [4.78, 5) is 10.8. The first-order valence-corrected chi connectivity index (χ1v) is 4.47. The Morgan fingerprint density at radius 1 is 1.43 bits per heavy atom. The monoisotopic (exact) mass is 194 g/mol. The number of hydrogen-bond donors (Lipinski definition) is 3. The van der Waals surface area contributed by atoms with Crippen LogP contribution in [-0.2, 0) is 11.2 Å². The van der Waals surface area contributed by atoms with Crippen molar-refractivity contribution in [2.75, 3.05) is 13.1 Å². The van der Waals surface area contributed by atoms with Gasteiger partial charge in [0.25, 0.3) is 0 Å². The number of carbonyl (C=O) groups excluding carboxylic acids is 1. The minimum Gasteiger partial charge on any atom is -0.508 e. The minimum absolute atomic E-state index is 0.000766. The zero-order valence-electron chi connectivity index (χ0n) is 7.86. The van der Waals surface area contributed by atoms with Gasteiger partial charge >= 0.3 is 0 Å². The van der Waals surface area contributed by atoms with Crippen LogP contribution in [0.1, 0.15) is 5.56 Å². The third kappa shape index (κ3) is 3.06. The molecule has 0 aliphatic heterocycles. The Balaban J connectivity index is 2.39. The van der Waals surface area contributed by atoms with Gasteiger partial charge < -0.3 is 16.2 Å². The van der Waals surface area contributed by atoms with E-state index in [0.717, 1.165) is 5.56 Å². The average molecular weight is 194 g/mol. The van der Waals surface area contributed by atoms with E-state index in [9.17, 15) is 9.90 Å². The van der Waals surface area contributed by atoms with Crippen LogP contribution in [0.15, 0.2) is 24.3 Å². The molecule has 1 aromatic rings. The number of rotatable bonds is 4. The van der Waals surface area contributed by atoms with Crippen LogP contribution in [0.25, 0.3) is 0 Å². The number of nitrogens with one attached hydrogen (secondary N) is 1. The molecule has 0 aromatic heterocycles. The maximum atomic E-state index is 10.8. The first kappa shape index (κ1) is 10.5. The molecule has 0 saturated heterocycles. The second-order valence-electron chi connectivity index (χ2n) is 2.93. The van der Waals surface area contributed by atoms with Crippen LogP contribution in [0.2, 0.25) is 0 Å². The van der Waals surface area contributed by atoms with Gasteiger partial charge in [-0.1, -0.05) is 18.2 Å². The van der Waals surface area contributed by atoms with Crippen LogP contribution < -0.4 is 11.1 Å². The van der Waals surface area contributed by atoms with Crippen molar-refractivity contribution < 1.29 is 9.90 Å². The molecule has 0 spiro atoms. The smallest absolute Gasteiger partial charge is 0.233 e. The third-order valence-electron chi connectivity index (χ3n) is 1.89. The summed E-state index contributed by atoms with van der Waals surface area (Å²) in [5.41, 5.74) is 5.94. The summed E-state index contributed by atoms with van der Waals surface area (Å²) < 4.78 is 0. The van der Waals surface area contributed by atoms with Gasteiger partial charge in [-0.15, -0.1) is 0 Å². The van der Waals surface area contributed by atoms with Gasteiger partial charge in [0.05, 0.1) is 6.54 Å². The zero-order valence-corrected chi connectivity index (χ0v) is 7.86. The molecule has 0 fully saturated rings. The number of nitrogens with two attached hydrogens (primary N) is 1. The molecule has 0 aliphatic carbocycles. The van der Waals surface area contributed by atoms with Crippen molar-refractivity contribution in [3.63, 3.8) is 0 Å². The number of aromatic hydroxyl groups is 1. The highest BCUT2D eigenvalue weighted by Crippen LogP contribution is 2.15. The first-order valence-electron chi connectivity index (χ1n) is 4.47. The largest absolute Gasteiger partial charge is 0.508 e. The Labute approximate surface area is 82.7 Å². The number of para-hydroxylation sites is 1. The van der Waals surface area contributed by atoms with Gasteiger partial charge in [0.1, 0.15) is 5.75 Å². The Kier molecular flexibility index (Phi) is 3.94. The molecule has 4 nitrogen and oxygen atoms in total. The molecular weight excluding hydrogens is 180 g/mol. The summed E-state index contributed by atoms with van der Waals surface area (Å²) in [6, 6.07) is 7.06. The molecule has 0 heterocycles. The maximum Gasteiger partial charge on any atom is 0.233 e. The number of phenolic OH excluding ortho intramolecular Hbond substituents is 1. The van der Waals surface area contributed by atoms with E-state index in [1.165, 1.54) is 0 Å². The van der Waals surface area contributed by atoms with E-state index in [0.29, 0.717) is 13.0 Å². The SMILES string of the molecule is NCC(=O)NCCc1ccccc1O. The number of benzene rings is 1. The van der Waals surface area contributed by atoms with Gasteiger partial charge in [-0.05, 0) is 18.1 Å². The van der Waals surface area contributed by atoms with Crippen LogP contribution in [0.5, 0.6) is 5.75 Å². The van der Waals surface area contributed by atoms with Crippen LogP contribution >= 0.6 is 0 Å². The Bertz CT molecular complexity index is 313. The van der Waals surface area contributed by atoms with Crippen LogP contribution in [0, 0.1) is 0 Å². The molecule has 0 bridgehead atoms. The fourth-order valence-electron chi connectivity index (χ4n) is 1.13. The molecule has 14 heavy (non-hydrogen) atoms. The first-order chi connectivity index (χ1) is 6.74. The van der Waals surface area contributed by atoms with Gasteiger partial charge in [-0.2, -0.15) is 0 Å². The fraction of sp³-hybridized carbons (Fsp3) is 0.300. The number of amides is 1. The van der Waals surface area contributed by atoms with Gasteiger partial charge in [-0.25, -0.2) is 0 Å². The molecule has 0 aliphatic rings. The Hall–Kier alpha value is -1.55. The molecule has 0 saturated carbocycles. The lowest BCUT2D eigenvalue weighted by molar-refractivity contribution is -0.119. The summed E-state index contributed by atoms with van der Waals surface area (Å²) in [5, 5.41) is 12.0. The van der Waals surface area contributed by atoms with Crippen molar-refractivity contribution in [3.8, 4) is 5.75 Å². The standard InChI is InChI=1S/C10H14N2O2/c11-7-10(14)12-6-5-8-3-1-2-4-9(8)13/h1-4,13H,5-7,11H2,(H,12,14). The van der Waals surface area contributed by atoms with Gasteiger partial charge in [0.15, 0.2) is 0 Å². The van der Waals surface area contributed by atoms with Crippen LogP contribution in [0.4, 0.5) is 0 Å². The van der Waals surface area contributed by atoms with E-state index in [-0.39, 0.29) is 18.2 Å². The molecule has 1 amide bonds. The highest BCUT2D eigenvalue weighted by molar-refractivity contribution is 5.77. The van der Waals surface area contributed by atoms with Crippen molar-refractivity contribution in [1.29, 1.82) is 0 Å². The normalized spacial score (nSPS) is 9.79. The molecule has 4 heteroatoms. The molecule has 4 N–H and O–H groups in total. The third-order valence-corrected chi connectivity index (χ3v) is 1.89. The summed E-state index contributed by atoms with van der Waals surface area (Å²) in [7, 11) is 0. The molecule has 1 rings (SSSR count). The molecular formula is C10H14N2O2. The van der Waals surface area contributed by atoms with Gasteiger partial charge in [0, 0.05) is 6.54 Å². The predicted octanol–water partition coefficient (Wildman–Crippen LogP) is 0.00960. The van der Waals surface area contributed by atoms with E-state index in [4.69, 9.17) is 5.73 Å². The highest BCUT2D eigenvalue weighted by atomic mass is 16.3. The predicted molar refractivity (Wildman–Crippen MR) is 53.9 cm³/mol. The lowest BCUT2D eigenvalue weighted by atomic mass is 10.1.